The van der Waals surface area contributed by atoms with Gasteiger partial charge >= 0.3 is 0 Å². The minimum absolute atomic E-state index is 0.421. The van der Waals surface area contributed by atoms with Gasteiger partial charge in [0, 0.05) is 6.42 Å². The quantitative estimate of drug-likeness (QED) is 0.626. The van der Waals surface area contributed by atoms with Crippen molar-refractivity contribution in [3.63, 3.8) is 0 Å². The average molecular weight is 164 g/mol. The van der Waals surface area contributed by atoms with E-state index in [0.29, 0.717) is 11.7 Å². The molecule has 1 saturated carbocycles. The number of Topliss-reactive ketones (excluding diaryl/α,β-unsaturated/α-hetero) is 1. The van der Waals surface area contributed by atoms with Crippen LogP contribution in [0.3, 0.4) is 0 Å². The molecule has 0 amide bonds. The molecular formula is C11H16O. The third-order valence-electron chi connectivity index (χ3n) is 3.13. The molecule has 0 radical (unpaired) electrons. The van der Waals surface area contributed by atoms with Gasteiger partial charge in [-0.05, 0) is 43.1 Å². The van der Waals surface area contributed by atoms with Crippen molar-refractivity contribution in [2.45, 2.75) is 39.0 Å². The van der Waals surface area contributed by atoms with Gasteiger partial charge in [0.1, 0.15) is 0 Å². The van der Waals surface area contributed by atoms with Crippen molar-refractivity contribution in [2.75, 3.05) is 0 Å². The van der Waals surface area contributed by atoms with Crippen molar-refractivity contribution < 1.29 is 4.79 Å². The summed E-state index contributed by atoms with van der Waals surface area (Å²) in [5.74, 6) is 1.82. The van der Waals surface area contributed by atoms with E-state index >= 15 is 0 Å². The van der Waals surface area contributed by atoms with Crippen LogP contribution >= 0.6 is 0 Å². The molecule has 0 heterocycles. The van der Waals surface area contributed by atoms with Crippen LogP contribution in [0.2, 0.25) is 0 Å². The van der Waals surface area contributed by atoms with Crippen LogP contribution in [0.5, 0.6) is 0 Å². The van der Waals surface area contributed by atoms with E-state index in [2.05, 4.69) is 13.0 Å². The number of fused-ring (bicyclic) bond motifs is 2. The molecule has 0 aromatic heterocycles. The lowest BCUT2D eigenvalue weighted by Crippen LogP contribution is -2.08. The zero-order valence-electron chi connectivity index (χ0n) is 7.68. The molecule has 1 heteroatoms. The minimum Gasteiger partial charge on any atom is -0.295 e. The molecule has 0 aromatic rings. The number of carbonyl (C=O) groups excluding carboxylic acids is 1. The van der Waals surface area contributed by atoms with Crippen LogP contribution in [0, 0.1) is 11.8 Å². The van der Waals surface area contributed by atoms with Gasteiger partial charge in [-0.25, -0.2) is 0 Å². The van der Waals surface area contributed by atoms with Crippen LogP contribution in [-0.4, -0.2) is 5.78 Å². The molecular weight excluding hydrogens is 148 g/mol. The summed E-state index contributed by atoms with van der Waals surface area (Å²) in [6.07, 6.45) is 7.86. The smallest absolute Gasteiger partial charge is 0.158 e. The molecule has 2 rings (SSSR count). The zero-order chi connectivity index (χ0) is 8.55. The molecule has 12 heavy (non-hydrogen) atoms. The van der Waals surface area contributed by atoms with E-state index in [1.165, 1.54) is 24.8 Å². The molecule has 0 spiro atoms. The maximum atomic E-state index is 11.6. The predicted octanol–water partition coefficient (Wildman–Crippen LogP) is 2.71. The van der Waals surface area contributed by atoms with E-state index in [1.54, 1.807) is 0 Å². The van der Waals surface area contributed by atoms with Gasteiger partial charge in [0.25, 0.3) is 0 Å². The van der Waals surface area contributed by atoms with E-state index in [9.17, 15) is 4.79 Å². The first-order chi connectivity index (χ1) is 5.81. The highest BCUT2D eigenvalue weighted by molar-refractivity contribution is 5.96. The van der Waals surface area contributed by atoms with Gasteiger partial charge in [0.2, 0.25) is 0 Å². The van der Waals surface area contributed by atoms with Gasteiger partial charge in [0.05, 0.1) is 0 Å². The van der Waals surface area contributed by atoms with Crippen molar-refractivity contribution in [2.24, 2.45) is 11.8 Å². The summed E-state index contributed by atoms with van der Waals surface area (Å²) in [6, 6.07) is 0. The Kier molecular flexibility index (Phi) is 2.03. The summed E-state index contributed by atoms with van der Waals surface area (Å²) >= 11 is 0. The van der Waals surface area contributed by atoms with E-state index in [4.69, 9.17) is 0 Å². The Balaban J connectivity index is 2.05. The van der Waals surface area contributed by atoms with Crippen LogP contribution in [0.25, 0.3) is 0 Å². The highest BCUT2D eigenvalue weighted by atomic mass is 16.1. The molecule has 1 fully saturated rings. The second-order valence-corrected chi connectivity index (χ2v) is 4.07. The topological polar surface area (TPSA) is 17.1 Å². The third-order valence-corrected chi connectivity index (χ3v) is 3.13. The lowest BCUT2D eigenvalue weighted by molar-refractivity contribution is -0.116. The monoisotopic (exact) mass is 164 g/mol. The Morgan fingerprint density at radius 3 is 2.92 bits per heavy atom. The van der Waals surface area contributed by atoms with Crippen molar-refractivity contribution >= 4 is 5.78 Å². The first-order valence-electron chi connectivity index (χ1n) is 5.06. The van der Waals surface area contributed by atoms with Gasteiger partial charge in [-0.1, -0.05) is 13.0 Å². The molecule has 0 aliphatic heterocycles. The van der Waals surface area contributed by atoms with Crippen LogP contribution in [0.15, 0.2) is 11.6 Å². The van der Waals surface area contributed by atoms with Gasteiger partial charge in [-0.2, -0.15) is 0 Å². The number of hydrogen-bond acceptors (Lipinski definition) is 1. The number of rotatable bonds is 3. The van der Waals surface area contributed by atoms with Crippen molar-refractivity contribution in [1.29, 1.82) is 0 Å². The fourth-order valence-electron chi connectivity index (χ4n) is 2.53. The molecule has 0 saturated heterocycles. The highest BCUT2D eigenvalue weighted by Crippen LogP contribution is 2.44. The van der Waals surface area contributed by atoms with Gasteiger partial charge < -0.3 is 0 Å². The van der Waals surface area contributed by atoms with E-state index in [-0.39, 0.29) is 0 Å². The average Bonchev–Trinajstić information content (AvgIpc) is 2.64. The van der Waals surface area contributed by atoms with Gasteiger partial charge in [0.15, 0.2) is 5.78 Å². The first kappa shape index (κ1) is 8.03. The van der Waals surface area contributed by atoms with E-state index in [0.717, 1.165) is 18.8 Å². The third kappa shape index (κ3) is 1.21. The van der Waals surface area contributed by atoms with Gasteiger partial charge in [-0.3, -0.25) is 4.79 Å². The molecule has 0 N–H and O–H groups in total. The Hall–Kier alpha value is -0.590. The molecule has 2 bridgehead atoms. The van der Waals surface area contributed by atoms with E-state index < -0.39 is 0 Å². The number of allylic oxidation sites excluding steroid dienone is 2. The second kappa shape index (κ2) is 3.04. The normalized spacial score (nSPS) is 32.2. The van der Waals surface area contributed by atoms with Crippen LogP contribution in [0.4, 0.5) is 0 Å². The summed E-state index contributed by atoms with van der Waals surface area (Å²) < 4.78 is 0. The highest BCUT2D eigenvalue weighted by Gasteiger charge is 2.35. The molecule has 1 nitrogen and oxygen atoms in total. The lowest BCUT2D eigenvalue weighted by atomic mass is 9.93. The molecule has 2 atom stereocenters. The number of hydrogen-bond donors (Lipinski definition) is 0. The number of carbonyl (C=O) groups is 1. The Morgan fingerprint density at radius 2 is 2.42 bits per heavy atom. The van der Waals surface area contributed by atoms with Crippen molar-refractivity contribution in [3.8, 4) is 0 Å². The largest absolute Gasteiger partial charge is 0.295 e. The van der Waals surface area contributed by atoms with E-state index in [1.807, 2.05) is 0 Å². The fraction of sp³-hybridized carbons (Fsp3) is 0.727. The van der Waals surface area contributed by atoms with Crippen LogP contribution < -0.4 is 0 Å². The standard InChI is InChI=1S/C11H16O/c1-2-3-11(12)10-7-8-4-5-9(10)6-8/h7-9H,2-6H2,1H3. The first-order valence-corrected chi connectivity index (χ1v) is 5.06. The second-order valence-electron chi connectivity index (χ2n) is 4.07. The summed E-state index contributed by atoms with van der Waals surface area (Å²) in [5.41, 5.74) is 1.17. The summed E-state index contributed by atoms with van der Waals surface area (Å²) in [6.45, 7) is 2.08. The molecule has 66 valence electrons. The maximum Gasteiger partial charge on any atom is 0.158 e. The lowest BCUT2D eigenvalue weighted by Gasteiger charge is -2.10. The Bertz CT molecular complexity index is 227. The van der Waals surface area contributed by atoms with Crippen molar-refractivity contribution in [1.82, 2.24) is 0 Å². The number of ketones is 1. The molecule has 2 unspecified atom stereocenters. The van der Waals surface area contributed by atoms with Crippen LogP contribution in [-0.2, 0) is 4.79 Å². The van der Waals surface area contributed by atoms with Gasteiger partial charge in [-0.15, -0.1) is 0 Å². The minimum atomic E-state index is 0.421. The maximum absolute atomic E-state index is 11.6. The fourth-order valence-corrected chi connectivity index (χ4v) is 2.53. The molecule has 2 aliphatic carbocycles. The summed E-state index contributed by atoms with van der Waals surface area (Å²) in [5, 5.41) is 0. The summed E-state index contributed by atoms with van der Waals surface area (Å²) in [4.78, 5) is 11.6. The summed E-state index contributed by atoms with van der Waals surface area (Å²) in [7, 11) is 0. The van der Waals surface area contributed by atoms with Crippen LogP contribution in [0.1, 0.15) is 39.0 Å². The van der Waals surface area contributed by atoms with Crippen molar-refractivity contribution in [3.05, 3.63) is 11.6 Å². The zero-order valence-corrected chi connectivity index (χ0v) is 7.68. The SMILES string of the molecule is CCCC(=O)C1=CC2CCC1C2. The molecule has 0 aromatic carbocycles. The Labute approximate surface area is 73.8 Å². The molecule has 2 aliphatic rings. The predicted molar refractivity (Wildman–Crippen MR) is 48.8 cm³/mol. The Morgan fingerprint density at radius 1 is 1.58 bits per heavy atom.